The normalized spacial score (nSPS) is 18.1. The second-order valence-electron chi connectivity index (χ2n) is 10.2. The van der Waals surface area contributed by atoms with Crippen molar-refractivity contribution >= 4 is 28.3 Å². The van der Waals surface area contributed by atoms with Gasteiger partial charge in [0.1, 0.15) is 24.0 Å². The summed E-state index contributed by atoms with van der Waals surface area (Å²) < 4.78 is 28.4. The van der Waals surface area contributed by atoms with Crippen LogP contribution < -0.4 is 9.64 Å². The van der Waals surface area contributed by atoms with Crippen LogP contribution in [0.5, 0.6) is 5.75 Å². The van der Waals surface area contributed by atoms with Gasteiger partial charge in [0.05, 0.1) is 35.9 Å². The minimum Gasteiger partial charge on any atom is -0.487 e. The second-order valence-corrected chi connectivity index (χ2v) is 10.6. The summed E-state index contributed by atoms with van der Waals surface area (Å²) in [6, 6.07) is 19.1. The highest BCUT2D eigenvalue weighted by Crippen LogP contribution is 2.30. The van der Waals surface area contributed by atoms with Crippen molar-refractivity contribution < 1.29 is 13.9 Å². The van der Waals surface area contributed by atoms with Gasteiger partial charge in [-0.1, -0.05) is 35.9 Å². The molecular weight excluding hydrogens is 503 g/mol. The molecule has 1 atom stereocenters. The van der Waals surface area contributed by atoms with Crippen LogP contribution in [0.15, 0.2) is 60.7 Å². The summed E-state index contributed by atoms with van der Waals surface area (Å²) in [6.45, 7) is 8.39. The number of nitrogens with zero attached hydrogens (tertiary/aromatic N) is 4. The number of aryl methyl sites for hydroxylation is 1. The number of imidazole rings is 1. The highest BCUT2D eigenvalue weighted by Gasteiger charge is 2.25. The third-order valence-corrected chi connectivity index (χ3v) is 7.74. The molecule has 0 N–H and O–H groups in total. The fourth-order valence-electron chi connectivity index (χ4n) is 5.22. The number of rotatable bonds is 8. The number of aromatic nitrogens is 2. The van der Waals surface area contributed by atoms with E-state index in [2.05, 4.69) is 45.6 Å². The van der Waals surface area contributed by atoms with Gasteiger partial charge >= 0.3 is 0 Å². The molecule has 2 aliphatic rings. The molecule has 2 fully saturated rings. The van der Waals surface area contributed by atoms with Gasteiger partial charge in [0.2, 0.25) is 0 Å². The molecular formula is C30H32ClFN4O2. The number of hydrogen-bond donors (Lipinski definition) is 0. The molecule has 6 nitrogen and oxygen atoms in total. The van der Waals surface area contributed by atoms with E-state index in [1.165, 1.54) is 17.1 Å². The van der Waals surface area contributed by atoms with Crippen LogP contribution in [0, 0.1) is 12.7 Å². The van der Waals surface area contributed by atoms with E-state index in [-0.39, 0.29) is 18.5 Å². The summed E-state index contributed by atoms with van der Waals surface area (Å²) in [5, 5.41) is 0.381. The summed E-state index contributed by atoms with van der Waals surface area (Å²) in [4.78, 5) is 9.82. The molecule has 8 heteroatoms. The molecule has 198 valence electrons. The molecule has 4 aromatic rings. The Bertz CT molecular complexity index is 1430. The topological polar surface area (TPSA) is 42.8 Å². The maximum atomic E-state index is 14.2. The van der Waals surface area contributed by atoms with Gasteiger partial charge in [-0.15, -0.1) is 0 Å². The van der Waals surface area contributed by atoms with Crippen molar-refractivity contribution in [1.82, 2.24) is 14.5 Å². The van der Waals surface area contributed by atoms with Crippen LogP contribution in [-0.2, 0) is 24.4 Å². The number of ether oxygens (including phenoxy) is 2. The monoisotopic (exact) mass is 534 g/mol. The number of benzene rings is 3. The highest BCUT2D eigenvalue weighted by atomic mass is 35.5. The maximum Gasteiger partial charge on any atom is 0.143 e. The first-order valence-corrected chi connectivity index (χ1v) is 13.6. The van der Waals surface area contributed by atoms with E-state index in [1.54, 1.807) is 12.1 Å². The summed E-state index contributed by atoms with van der Waals surface area (Å²) in [5.74, 6) is 1.50. The first kappa shape index (κ1) is 25.2. The number of para-hydroxylation sites is 2. The van der Waals surface area contributed by atoms with E-state index in [0.29, 0.717) is 10.6 Å². The zero-order valence-corrected chi connectivity index (χ0v) is 22.3. The molecule has 0 unspecified atom stereocenters. The number of anilines is 1. The van der Waals surface area contributed by atoms with Gasteiger partial charge in [-0.3, -0.25) is 4.90 Å². The Morgan fingerprint density at radius 1 is 1.05 bits per heavy atom. The largest absolute Gasteiger partial charge is 0.487 e. The van der Waals surface area contributed by atoms with E-state index in [9.17, 15) is 4.39 Å². The number of piperazine rings is 1. The standard InChI is InChI=1S/C30H32ClFN4O2/c1-21-6-9-26-28(16-21)36(18-24-10-15-37-24)30(33-26)19-34-11-13-35(14-12-34)27-4-2-3-5-29(27)38-20-22-7-8-23(31)17-25(22)32/h2-9,16-17,24H,10-15,18-20H2,1H3/t24-/m0/s1. The van der Waals surface area contributed by atoms with Crippen LogP contribution >= 0.6 is 11.6 Å². The zero-order valence-electron chi connectivity index (χ0n) is 21.6. The van der Waals surface area contributed by atoms with E-state index >= 15 is 0 Å². The Morgan fingerprint density at radius 2 is 1.87 bits per heavy atom. The maximum absolute atomic E-state index is 14.2. The molecule has 6 rings (SSSR count). The third-order valence-electron chi connectivity index (χ3n) is 7.50. The molecule has 2 saturated heterocycles. The molecule has 0 aliphatic carbocycles. The van der Waals surface area contributed by atoms with Gasteiger partial charge in [-0.2, -0.15) is 0 Å². The van der Waals surface area contributed by atoms with E-state index in [0.717, 1.165) is 75.1 Å². The zero-order chi connectivity index (χ0) is 26.1. The highest BCUT2D eigenvalue weighted by molar-refractivity contribution is 6.30. The average Bonchev–Trinajstić information content (AvgIpc) is 3.22. The van der Waals surface area contributed by atoms with Gasteiger partial charge < -0.3 is 18.9 Å². The molecule has 0 saturated carbocycles. The Balaban J connectivity index is 1.12. The lowest BCUT2D eigenvalue weighted by atomic mass is 10.1. The summed E-state index contributed by atoms with van der Waals surface area (Å²) in [7, 11) is 0. The van der Waals surface area contributed by atoms with Crippen molar-refractivity contribution in [3.63, 3.8) is 0 Å². The molecule has 0 amide bonds. The van der Waals surface area contributed by atoms with Crippen molar-refractivity contribution in [2.45, 2.75) is 39.1 Å². The lowest BCUT2D eigenvalue weighted by molar-refractivity contribution is -0.0592. The van der Waals surface area contributed by atoms with Gasteiger partial charge in [0.15, 0.2) is 0 Å². The molecule has 3 heterocycles. The summed E-state index contributed by atoms with van der Waals surface area (Å²) >= 11 is 5.89. The first-order valence-electron chi connectivity index (χ1n) is 13.2. The van der Waals surface area contributed by atoms with Crippen molar-refractivity contribution in [3.8, 4) is 5.75 Å². The molecule has 1 aromatic heterocycles. The van der Waals surface area contributed by atoms with Crippen molar-refractivity contribution in [2.24, 2.45) is 0 Å². The number of halogens is 2. The van der Waals surface area contributed by atoms with Crippen LogP contribution in [0.3, 0.4) is 0 Å². The van der Waals surface area contributed by atoms with Gasteiger partial charge in [0.25, 0.3) is 0 Å². The number of hydrogen-bond acceptors (Lipinski definition) is 5. The number of fused-ring (bicyclic) bond motifs is 1. The Labute approximate surface area is 227 Å². The summed E-state index contributed by atoms with van der Waals surface area (Å²) in [6.07, 6.45) is 1.39. The molecule has 0 spiro atoms. The lowest BCUT2D eigenvalue weighted by Crippen LogP contribution is -2.46. The molecule has 0 radical (unpaired) electrons. The van der Waals surface area contributed by atoms with Gasteiger partial charge in [0, 0.05) is 43.4 Å². The van der Waals surface area contributed by atoms with Crippen LogP contribution in [0.2, 0.25) is 5.02 Å². The van der Waals surface area contributed by atoms with Crippen LogP contribution in [0.25, 0.3) is 11.0 Å². The molecule has 0 bridgehead atoms. The summed E-state index contributed by atoms with van der Waals surface area (Å²) in [5.41, 5.74) is 5.00. The predicted molar refractivity (Wildman–Crippen MR) is 149 cm³/mol. The van der Waals surface area contributed by atoms with Crippen molar-refractivity contribution in [1.29, 1.82) is 0 Å². The van der Waals surface area contributed by atoms with Crippen LogP contribution in [0.4, 0.5) is 10.1 Å². The second kappa shape index (κ2) is 10.9. The SMILES string of the molecule is Cc1ccc2nc(CN3CCN(c4ccccc4OCc4ccc(Cl)cc4F)CC3)n(C[C@@H]3CCO3)c2c1. The van der Waals surface area contributed by atoms with E-state index < -0.39 is 0 Å². The van der Waals surface area contributed by atoms with Crippen LogP contribution in [-0.4, -0.2) is 53.3 Å². The fraction of sp³-hybridized carbons (Fsp3) is 0.367. The minimum absolute atomic E-state index is 0.153. The third kappa shape index (κ3) is 5.37. The van der Waals surface area contributed by atoms with Gasteiger partial charge in [-0.25, -0.2) is 9.37 Å². The minimum atomic E-state index is -0.353. The predicted octanol–water partition coefficient (Wildman–Crippen LogP) is 5.83. The Morgan fingerprint density at radius 3 is 2.63 bits per heavy atom. The van der Waals surface area contributed by atoms with E-state index in [4.69, 9.17) is 26.1 Å². The smallest absolute Gasteiger partial charge is 0.143 e. The average molecular weight is 535 g/mol. The molecule has 3 aromatic carbocycles. The van der Waals surface area contributed by atoms with Crippen molar-refractivity contribution in [2.75, 3.05) is 37.7 Å². The van der Waals surface area contributed by atoms with E-state index in [1.807, 2.05) is 18.2 Å². The lowest BCUT2D eigenvalue weighted by Gasteiger charge is -2.36. The fourth-order valence-corrected chi connectivity index (χ4v) is 5.38. The first-order chi connectivity index (χ1) is 18.5. The Kier molecular flexibility index (Phi) is 7.24. The van der Waals surface area contributed by atoms with Gasteiger partial charge in [-0.05, 0) is 55.3 Å². The molecule has 38 heavy (non-hydrogen) atoms. The van der Waals surface area contributed by atoms with Crippen LogP contribution in [0.1, 0.15) is 23.4 Å². The molecule has 2 aliphatic heterocycles. The van der Waals surface area contributed by atoms with Crippen molar-refractivity contribution in [3.05, 3.63) is 88.5 Å². The quantitative estimate of drug-likeness (QED) is 0.285. The Hall–Kier alpha value is -3.13.